The zero-order valence-electron chi connectivity index (χ0n) is 11.5. The van der Waals surface area contributed by atoms with Crippen molar-refractivity contribution in [3.8, 4) is 0 Å². The zero-order valence-corrected chi connectivity index (χ0v) is 12.3. The van der Waals surface area contributed by atoms with Crippen molar-refractivity contribution in [3.05, 3.63) is 35.2 Å². The molecule has 19 heavy (non-hydrogen) atoms. The van der Waals surface area contributed by atoms with Crippen LogP contribution in [0.3, 0.4) is 0 Å². The summed E-state index contributed by atoms with van der Waals surface area (Å²) in [6, 6.07) is 8.37. The van der Waals surface area contributed by atoms with Crippen LogP contribution in [-0.4, -0.2) is 30.4 Å². The topological polar surface area (TPSA) is 32.3 Å². The minimum Gasteiger partial charge on any atom is -0.342 e. The molecule has 0 aliphatic heterocycles. The maximum absolute atomic E-state index is 11.9. The number of amides is 1. The number of hydrogen-bond donors (Lipinski definition) is 1. The second-order valence-corrected chi connectivity index (χ2v) is 5.34. The van der Waals surface area contributed by atoms with E-state index in [9.17, 15) is 4.79 Å². The van der Waals surface area contributed by atoms with Crippen LogP contribution in [0.25, 0.3) is 10.1 Å². The van der Waals surface area contributed by atoms with Gasteiger partial charge in [-0.15, -0.1) is 11.3 Å². The van der Waals surface area contributed by atoms with Crippen molar-refractivity contribution >= 4 is 27.3 Å². The van der Waals surface area contributed by atoms with E-state index >= 15 is 0 Å². The fraction of sp³-hybridized carbons (Fsp3) is 0.400. The second kappa shape index (κ2) is 6.68. The summed E-state index contributed by atoms with van der Waals surface area (Å²) in [5.74, 6) is 0.171. The van der Waals surface area contributed by atoms with Crippen molar-refractivity contribution in [1.29, 1.82) is 0 Å². The molecule has 0 fully saturated rings. The lowest BCUT2D eigenvalue weighted by Crippen LogP contribution is -2.37. The van der Waals surface area contributed by atoms with Gasteiger partial charge in [0.2, 0.25) is 5.91 Å². The van der Waals surface area contributed by atoms with Crippen LogP contribution in [-0.2, 0) is 11.3 Å². The van der Waals surface area contributed by atoms with E-state index in [0.29, 0.717) is 6.54 Å². The Balaban J connectivity index is 1.91. The number of nitrogens with one attached hydrogen (secondary N) is 1. The van der Waals surface area contributed by atoms with Gasteiger partial charge in [-0.2, -0.15) is 0 Å². The minimum absolute atomic E-state index is 0.171. The summed E-state index contributed by atoms with van der Waals surface area (Å²) in [5, 5.41) is 6.70. The van der Waals surface area contributed by atoms with E-state index in [2.05, 4.69) is 35.0 Å². The number of likely N-dealkylation sites (N-methyl/N-ethyl adjacent to an activating group) is 1. The van der Waals surface area contributed by atoms with Crippen LogP contribution in [0.5, 0.6) is 0 Å². The lowest BCUT2D eigenvalue weighted by molar-refractivity contribution is -0.129. The summed E-state index contributed by atoms with van der Waals surface area (Å²) in [6.45, 7) is 6.72. The lowest BCUT2D eigenvalue weighted by atomic mass is 10.2. The average Bonchev–Trinajstić information content (AvgIpc) is 2.84. The first-order valence-corrected chi connectivity index (χ1v) is 7.57. The molecule has 0 aliphatic carbocycles. The van der Waals surface area contributed by atoms with Crippen LogP contribution >= 0.6 is 11.3 Å². The minimum atomic E-state index is 0.171. The van der Waals surface area contributed by atoms with Gasteiger partial charge in [0.1, 0.15) is 0 Å². The molecule has 0 unspecified atom stereocenters. The molecule has 4 heteroatoms. The molecule has 1 aromatic carbocycles. The van der Waals surface area contributed by atoms with Gasteiger partial charge in [-0.05, 0) is 36.2 Å². The molecule has 0 radical (unpaired) electrons. The highest BCUT2D eigenvalue weighted by atomic mass is 32.1. The summed E-state index contributed by atoms with van der Waals surface area (Å²) in [6.07, 6.45) is 0. The Morgan fingerprint density at radius 1 is 1.26 bits per heavy atom. The first-order chi connectivity index (χ1) is 9.26. The van der Waals surface area contributed by atoms with Crippen molar-refractivity contribution in [2.75, 3.05) is 19.6 Å². The first kappa shape index (κ1) is 14.0. The fourth-order valence-corrected chi connectivity index (χ4v) is 3.12. The Morgan fingerprint density at radius 3 is 2.74 bits per heavy atom. The molecule has 1 N–H and O–H groups in total. The van der Waals surface area contributed by atoms with E-state index in [1.165, 1.54) is 15.6 Å². The Kier molecular flexibility index (Phi) is 4.93. The van der Waals surface area contributed by atoms with Crippen LogP contribution in [0.1, 0.15) is 19.4 Å². The van der Waals surface area contributed by atoms with Gasteiger partial charge < -0.3 is 10.2 Å². The number of nitrogens with zero attached hydrogens (tertiary/aromatic N) is 1. The highest BCUT2D eigenvalue weighted by Gasteiger charge is 2.09. The van der Waals surface area contributed by atoms with Crippen molar-refractivity contribution < 1.29 is 4.79 Å². The molecule has 0 atom stereocenters. The van der Waals surface area contributed by atoms with E-state index in [4.69, 9.17) is 0 Å². The van der Waals surface area contributed by atoms with Crippen LogP contribution < -0.4 is 5.32 Å². The number of carbonyl (C=O) groups excluding carboxylic acids is 1. The highest BCUT2D eigenvalue weighted by Crippen LogP contribution is 2.25. The number of fused-ring (bicyclic) bond motifs is 1. The molecule has 0 bridgehead atoms. The van der Waals surface area contributed by atoms with Crippen LogP contribution in [0.4, 0.5) is 0 Å². The smallest absolute Gasteiger partial charge is 0.236 e. The predicted octanol–water partition coefficient (Wildman–Crippen LogP) is 2.86. The third-order valence-electron chi connectivity index (χ3n) is 3.27. The first-order valence-electron chi connectivity index (χ1n) is 6.69. The zero-order chi connectivity index (χ0) is 13.7. The Bertz CT molecular complexity index is 546. The summed E-state index contributed by atoms with van der Waals surface area (Å²) in [5.41, 5.74) is 1.27. The summed E-state index contributed by atoms with van der Waals surface area (Å²) in [4.78, 5) is 13.7. The molecule has 2 rings (SSSR count). The fourth-order valence-electron chi connectivity index (χ4n) is 2.16. The second-order valence-electron chi connectivity index (χ2n) is 4.43. The van der Waals surface area contributed by atoms with E-state index in [-0.39, 0.29) is 5.91 Å². The molecular weight excluding hydrogens is 256 g/mol. The standard InChI is InChI=1S/C15H20N2OS/c1-3-17(4-2)15(18)10-16-9-12-11-19-14-8-6-5-7-13(12)14/h5-8,11,16H,3-4,9-10H2,1-2H3. The van der Waals surface area contributed by atoms with Gasteiger partial charge >= 0.3 is 0 Å². The molecule has 2 aromatic rings. The average molecular weight is 276 g/mol. The van der Waals surface area contributed by atoms with Crippen molar-refractivity contribution in [3.63, 3.8) is 0 Å². The Morgan fingerprint density at radius 2 is 2.00 bits per heavy atom. The van der Waals surface area contributed by atoms with Crippen molar-refractivity contribution in [2.24, 2.45) is 0 Å². The molecular formula is C15H20N2OS. The van der Waals surface area contributed by atoms with E-state index in [1.54, 1.807) is 11.3 Å². The highest BCUT2D eigenvalue weighted by molar-refractivity contribution is 7.17. The Hall–Kier alpha value is -1.39. The van der Waals surface area contributed by atoms with Gasteiger partial charge in [-0.3, -0.25) is 4.79 Å². The monoisotopic (exact) mass is 276 g/mol. The number of benzene rings is 1. The SMILES string of the molecule is CCN(CC)C(=O)CNCc1csc2ccccc12. The molecule has 0 saturated carbocycles. The summed E-state index contributed by atoms with van der Waals surface area (Å²) < 4.78 is 1.30. The van der Waals surface area contributed by atoms with E-state index in [0.717, 1.165) is 19.6 Å². The number of carbonyl (C=O) groups is 1. The van der Waals surface area contributed by atoms with Gasteiger partial charge in [0.05, 0.1) is 6.54 Å². The molecule has 0 aliphatic rings. The third-order valence-corrected chi connectivity index (χ3v) is 4.28. The third kappa shape index (κ3) is 3.33. The van der Waals surface area contributed by atoms with Crippen LogP contribution in [0, 0.1) is 0 Å². The molecule has 0 saturated heterocycles. The van der Waals surface area contributed by atoms with Crippen LogP contribution in [0.15, 0.2) is 29.6 Å². The number of rotatable bonds is 6. The van der Waals surface area contributed by atoms with Crippen molar-refractivity contribution in [1.82, 2.24) is 10.2 Å². The van der Waals surface area contributed by atoms with Gasteiger partial charge in [0, 0.05) is 24.3 Å². The summed E-state index contributed by atoms with van der Waals surface area (Å²) >= 11 is 1.75. The quantitative estimate of drug-likeness (QED) is 0.880. The normalized spacial score (nSPS) is 10.8. The largest absolute Gasteiger partial charge is 0.342 e. The van der Waals surface area contributed by atoms with Gasteiger partial charge in [-0.25, -0.2) is 0 Å². The predicted molar refractivity (Wildman–Crippen MR) is 81.5 cm³/mol. The molecule has 0 spiro atoms. The summed E-state index contributed by atoms with van der Waals surface area (Å²) in [7, 11) is 0. The van der Waals surface area contributed by atoms with Gasteiger partial charge in [-0.1, -0.05) is 18.2 Å². The Labute approximate surface area is 118 Å². The maximum Gasteiger partial charge on any atom is 0.236 e. The molecule has 1 heterocycles. The van der Waals surface area contributed by atoms with Gasteiger partial charge in [0.15, 0.2) is 0 Å². The van der Waals surface area contributed by atoms with Crippen molar-refractivity contribution in [2.45, 2.75) is 20.4 Å². The van der Waals surface area contributed by atoms with Gasteiger partial charge in [0.25, 0.3) is 0 Å². The molecule has 1 amide bonds. The molecule has 3 nitrogen and oxygen atoms in total. The van der Waals surface area contributed by atoms with Crippen LogP contribution in [0.2, 0.25) is 0 Å². The molecule has 1 aromatic heterocycles. The number of hydrogen-bond acceptors (Lipinski definition) is 3. The number of thiophene rings is 1. The molecule has 102 valence electrons. The van der Waals surface area contributed by atoms with E-state index in [1.807, 2.05) is 18.7 Å². The van der Waals surface area contributed by atoms with E-state index < -0.39 is 0 Å². The maximum atomic E-state index is 11.9. The lowest BCUT2D eigenvalue weighted by Gasteiger charge is -2.18.